The number of alkyl carbamates (subject to hydrolysis) is 1. The van der Waals surface area contributed by atoms with Crippen molar-refractivity contribution in [3.05, 3.63) is 141 Å². The van der Waals surface area contributed by atoms with Crippen molar-refractivity contribution in [3.8, 4) is 11.5 Å². The molecule has 1 aromatic heterocycles. The number of carbonyl (C=O) groups excluding carboxylic acids is 2. The second kappa shape index (κ2) is 20.9. The van der Waals surface area contributed by atoms with Gasteiger partial charge in [0.2, 0.25) is 11.3 Å². The van der Waals surface area contributed by atoms with Crippen LogP contribution in [0.1, 0.15) is 103 Å². The van der Waals surface area contributed by atoms with Crippen LogP contribution in [-0.4, -0.2) is 83.5 Å². The fourth-order valence-corrected chi connectivity index (χ4v) is 9.16. The number of benzene rings is 4. The molecule has 322 valence electrons. The Morgan fingerprint density at radius 2 is 1.54 bits per heavy atom. The molecular formula is C50H61N4O7+. The number of rotatable bonds is 21. The van der Waals surface area contributed by atoms with Crippen LogP contribution in [0, 0.1) is 12.8 Å². The maximum Gasteiger partial charge on any atom is 0.408 e. The Balaban J connectivity index is 0.827. The van der Waals surface area contributed by atoms with E-state index in [0.717, 1.165) is 105 Å². The summed E-state index contributed by atoms with van der Waals surface area (Å²) in [6.07, 6.45) is 8.05. The Morgan fingerprint density at radius 1 is 0.836 bits per heavy atom. The quantitative estimate of drug-likeness (QED) is 0.0282. The van der Waals surface area contributed by atoms with Crippen LogP contribution in [-0.2, 0) is 4.74 Å². The first-order valence-electron chi connectivity index (χ1n) is 22.1. The van der Waals surface area contributed by atoms with E-state index in [1.807, 2.05) is 85.8 Å². The molecule has 4 heterocycles. The van der Waals surface area contributed by atoms with E-state index >= 15 is 0 Å². The SMILES string of the molecule is Cc1ccc(C(NC(=O)O[C@H]2C[N+]3(CC(=O)c4ccccc4)CCC2CC3)c2ccccc2)cc1OCCCCCCCCCNC[C@H](O)c1ccc(O)c2[nH]c(=O)ccc12. The third kappa shape index (κ3) is 11.5. The number of aliphatic hydroxyl groups is 1. The van der Waals surface area contributed by atoms with Crippen LogP contribution in [0.2, 0.25) is 0 Å². The molecule has 11 heteroatoms. The number of aromatic nitrogens is 1. The molecule has 0 spiro atoms. The maximum atomic E-state index is 13.7. The molecule has 3 fully saturated rings. The molecule has 3 aliphatic rings. The minimum Gasteiger partial charge on any atom is -0.506 e. The van der Waals surface area contributed by atoms with Gasteiger partial charge < -0.3 is 39.8 Å². The molecule has 0 radical (unpaired) electrons. The van der Waals surface area contributed by atoms with Gasteiger partial charge in [0.1, 0.15) is 24.6 Å². The van der Waals surface area contributed by atoms with E-state index < -0.39 is 18.2 Å². The molecule has 2 bridgehead atoms. The average molecular weight is 830 g/mol. The number of quaternary nitrogens is 1. The highest BCUT2D eigenvalue weighted by Crippen LogP contribution is 2.36. The summed E-state index contributed by atoms with van der Waals surface area (Å²) in [6, 6.07) is 31.4. The standard InChI is InChI=1S/C50H60N4O7/c1-35-19-20-39(31-45(35)60-30-14-6-4-2-3-5-13-27-51-32-43(56)40-21-23-42(55)49-41(40)22-24-47(58)52-49)48(38-17-11-8-12-18-38)53-50(59)61-46-34-54(28-25-37(46)26-29-54)33-44(57)36-15-9-7-10-16-36/h7-12,15-24,31,37,43,46,48,51,56H,2-6,13-14,25-30,32-34H2,1H3,(H2-,52,53,55,58,59)/p+1/t37?,43-,46-,48?,54?/m0/s1. The van der Waals surface area contributed by atoms with E-state index in [9.17, 15) is 24.6 Å². The fourth-order valence-electron chi connectivity index (χ4n) is 9.16. The van der Waals surface area contributed by atoms with Crippen LogP contribution in [0.25, 0.3) is 10.9 Å². The van der Waals surface area contributed by atoms with Crippen LogP contribution in [0.5, 0.6) is 11.5 Å². The summed E-state index contributed by atoms with van der Waals surface area (Å²) >= 11 is 0. The number of ether oxygens (including phenoxy) is 2. The number of pyridine rings is 1. The number of phenols is 1. The number of phenolic OH excluding ortho intramolecular Hbond substituents is 1. The molecule has 1 unspecified atom stereocenters. The third-order valence-corrected chi connectivity index (χ3v) is 12.7. The zero-order chi connectivity index (χ0) is 42.6. The van der Waals surface area contributed by atoms with Crippen molar-refractivity contribution in [3.63, 3.8) is 0 Å². The predicted molar refractivity (Wildman–Crippen MR) is 238 cm³/mol. The number of H-pyrrole nitrogens is 1. The van der Waals surface area contributed by atoms with Crippen LogP contribution in [0.15, 0.2) is 108 Å². The van der Waals surface area contributed by atoms with E-state index in [-0.39, 0.29) is 23.2 Å². The van der Waals surface area contributed by atoms with Crippen molar-refractivity contribution < 1.29 is 33.8 Å². The van der Waals surface area contributed by atoms with Gasteiger partial charge in [-0.15, -0.1) is 0 Å². The molecule has 8 rings (SSSR count). The molecule has 0 aliphatic carbocycles. The van der Waals surface area contributed by atoms with E-state index in [1.165, 1.54) is 12.1 Å². The first kappa shape index (κ1) is 43.6. The second-order valence-corrected chi connectivity index (χ2v) is 17.0. The van der Waals surface area contributed by atoms with Gasteiger partial charge in [-0.1, -0.05) is 111 Å². The van der Waals surface area contributed by atoms with Gasteiger partial charge in [0.25, 0.3) is 0 Å². The summed E-state index contributed by atoms with van der Waals surface area (Å²) in [7, 11) is 0. The van der Waals surface area contributed by atoms with Gasteiger partial charge in [-0.25, -0.2) is 4.79 Å². The van der Waals surface area contributed by atoms with Crippen LogP contribution in [0.3, 0.4) is 0 Å². The van der Waals surface area contributed by atoms with E-state index in [2.05, 4.69) is 15.6 Å². The van der Waals surface area contributed by atoms with Gasteiger partial charge in [0.15, 0.2) is 6.10 Å². The molecule has 1 amide bonds. The number of aryl methyl sites for hydroxylation is 1. The molecule has 61 heavy (non-hydrogen) atoms. The van der Waals surface area contributed by atoms with Gasteiger partial charge in [-0.2, -0.15) is 0 Å². The van der Waals surface area contributed by atoms with Crippen LogP contribution >= 0.6 is 0 Å². The minimum absolute atomic E-state index is 0.0155. The lowest BCUT2D eigenvalue weighted by atomic mass is 9.83. The number of nitrogens with zero attached hydrogens (tertiary/aromatic N) is 1. The van der Waals surface area contributed by atoms with Gasteiger partial charge in [0, 0.05) is 42.3 Å². The lowest BCUT2D eigenvalue weighted by Gasteiger charge is -2.51. The highest BCUT2D eigenvalue weighted by molar-refractivity contribution is 5.97. The number of hydrogen-bond donors (Lipinski definition) is 5. The van der Waals surface area contributed by atoms with Crippen molar-refractivity contribution in [1.29, 1.82) is 0 Å². The summed E-state index contributed by atoms with van der Waals surface area (Å²) in [5.74, 6) is 1.24. The number of amides is 1. The Hall–Kier alpha value is -5.49. The van der Waals surface area contributed by atoms with Crippen molar-refractivity contribution in [2.24, 2.45) is 5.92 Å². The summed E-state index contributed by atoms with van der Waals surface area (Å²) in [4.78, 5) is 41.2. The number of hydrogen-bond acceptors (Lipinski definition) is 8. The Bertz CT molecular complexity index is 2270. The number of nitrogens with one attached hydrogen (secondary N) is 3. The Morgan fingerprint density at radius 3 is 2.30 bits per heavy atom. The summed E-state index contributed by atoms with van der Waals surface area (Å²) < 4.78 is 13.2. The predicted octanol–water partition coefficient (Wildman–Crippen LogP) is 8.28. The lowest BCUT2D eigenvalue weighted by molar-refractivity contribution is -0.938. The number of fused-ring (bicyclic) bond motifs is 4. The molecule has 11 nitrogen and oxygen atoms in total. The van der Waals surface area contributed by atoms with Gasteiger partial charge in [-0.05, 0) is 66.8 Å². The molecule has 0 saturated carbocycles. The number of ketones is 1. The summed E-state index contributed by atoms with van der Waals surface area (Å²) in [6.45, 7) is 6.81. The first-order valence-corrected chi connectivity index (χ1v) is 22.1. The number of piperidine rings is 3. The fraction of sp³-hybridized carbons (Fsp3) is 0.420. The second-order valence-electron chi connectivity index (χ2n) is 17.0. The van der Waals surface area contributed by atoms with E-state index in [1.54, 1.807) is 12.1 Å². The topological polar surface area (TPSA) is 150 Å². The lowest BCUT2D eigenvalue weighted by Crippen LogP contribution is -2.66. The first-order chi connectivity index (χ1) is 29.7. The maximum absolute atomic E-state index is 13.7. The largest absolute Gasteiger partial charge is 0.506 e. The highest BCUT2D eigenvalue weighted by Gasteiger charge is 2.48. The number of aromatic amines is 1. The van der Waals surface area contributed by atoms with Crippen LogP contribution < -0.4 is 20.9 Å². The van der Waals surface area contributed by atoms with Gasteiger partial charge >= 0.3 is 6.09 Å². The van der Waals surface area contributed by atoms with Crippen molar-refractivity contribution in [1.82, 2.24) is 15.6 Å². The van der Waals surface area contributed by atoms with E-state index in [0.29, 0.717) is 53.1 Å². The van der Waals surface area contributed by atoms with Crippen molar-refractivity contribution in [2.45, 2.75) is 83.0 Å². The molecule has 3 aliphatic heterocycles. The Labute approximate surface area is 358 Å². The average Bonchev–Trinajstić information content (AvgIpc) is 3.27. The third-order valence-electron chi connectivity index (χ3n) is 12.7. The van der Waals surface area contributed by atoms with E-state index in [4.69, 9.17) is 9.47 Å². The number of Topliss-reactive ketones (excluding diaryl/α,β-unsaturated/α-hetero) is 1. The smallest absolute Gasteiger partial charge is 0.408 e. The number of aliphatic hydroxyl groups excluding tert-OH is 1. The molecule has 5 N–H and O–H groups in total. The summed E-state index contributed by atoms with van der Waals surface area (Å²) in [5.41, 5.74) is 4.36. The van der Waals surface area contributed by atoms with Crippen molar-refractivity contribution >= 4 is 22.8 Å². The number of unbranched alkanes of at least 4 members (excludes halogenated alkanes) is 6. The van der Waals surface area contributed by atoms with Gasteiger partial charge in [0.05, 0.1) is 37.4 Å². The Kier molecular flexibility index (Phi) is 14.9. The van der Waals surface area contributed by atoms with Crippen LogP contribution in [0.4, 0.5) is 4.79 Å². The summed E-state index contributed by atoms with van der Waals surface area (Å²) in [5, 5.41) is 28.0. The number of aromatic hydroxyl groups is 1. The zero-order valence-corrected chi connectivity index (χ0v) is 35.3. The highest BCUT2D eigenvalue weighted by atomic mass is 16.6. The monoisotopic (exact) mass is 829 g/mol. The molecule has 3 atom stereocenters. The molecule has 3 saturated heterocycles. The number of carbonyl (C=O) groups is 2. The van der Waals surface area contributed by atoms with Gasteiger partial charge in [-0.3, -0.25) is 9.59 Å². The zero-order valence-electron chi connectivity index (χ0n) is 35.3. The van der Waals surface area contributed by atoms with Crippen molar-refractivity contribution in [2.75, 3.05) is 45.9 Å². The molecule has 4 aromatic carbocycles. The normalized spacial score (nSPS) is 19.3. The molecular weight excluding hydrogens is 769 g/mol. The molecule has 5 aromatic rings. The minimum atomic E-state index is -0.756.